The summed E-state index contributed by atoms with van der Waals surface area (Å²) in [6.07, 6.45) is 1.62. The maximum Gasteiger partial charge on any atom is 0.298 e. The van der Waals surface area contributed by atoms with Crippen LogP contribution in [0, 0.1) is 11.3 Å². The highest BCUT2D eigenvalue weighted by molar-refractivity contribution is 9.10. The molecular weight excluding hydrogens is 512 g/mol. The third-order valence-corrected chi connectivity index (χ3v) is 6.35. The van der Waals surface area contributed by atoms with Crippen LogP contribution in [0.15, 0.2) is 76.1 Å². The Morgan fingerprint density at radius 1 is 1.09 bits per heavy atom. The van der Waals surface area contributed by atoms with Crippen molar-refractivity contribution in [3.8, 4) is 11.8 Å². The van der Waals surface area contributed by atoms with Gasteiger partial charge in [0.15, 0.2) is 0 Å². The van der Waals surface area contributed by atoms with Gasteiger partial charge in [0.25, 0.3) is 11.1 Å². The molecule has 1 aliphatic heterocycles. The SMILES string of the molecule is N#Cc1ccccc1COc1ccc(Br)cc1/C=C1\SC(=O)N(c2ccccc2Cl)C1=O. The van der Waals surface area contributed by atoms with E-state index in [0.29, 0.717) is 27.6 Å². The summed E-state index contributed by atoms with van der Waals surface area (Å²) in [5.74, 6) is 0.0688. The van der Waals surface area contributed by atoms with Gasteiger partial charge in [0.1, 0.15) is 12.4 Å². The van der Waals surface area contributed by atoms with E-state index in [1.165, 1.54) is 0 Å². The van der Waals surface area contributed by atoms with Crippen molar-refractivity contribution >= 4 is 62.2 Å². The molecule has 1 saturated heterocycles. The number of nitriles is 1. The first-order valence-electron chi connectivity index (χ1n) is 9.41. The van der Waals surface area contributed by atoms with Crippen LogP contribution in [-0.4, -0.2) is 11.1 Å². The monoisotopic (exact) mass is 524 g/mol. The summed E-state index contributed by atoms with van der Waals surface area (Å²) < 4.78 is 6.76. The molecule has 5 nitrogen and oxygen atoms in total. The Bertz CT molecular complexity index is 1300. The first-order valence-corrected chi connectivity index (χ1v) is 11.4. The Labute approximate surface area is 202 Å². The highest BCUT2D eigenvalue weighted by Gasteiger charge is 2.37. The summed E-state index contributed by atoms with van der Waals surface area (Å²) in [6, 6.07) is 21.4. The van der Waals surface area contributed by atoms with E-state index in [4.69, 9.17) is 16.3 Å². The van der Waals surface area contributed by atoms with Gasteiger partial charge >= 0.3 is 0 Å². The van der Waals surface area contributed by atoms with E-state index >= 15 is 0 Å². The molecule has 3 aromatic carbocycles. The molecule has 8 heteroatoms. The van der Waals surface area contributed by atoms with Gasteiger partial charge in [-0.3, -0.25) is 9.59 Å². The van der Waals surface area contributed by atoms with E-state index in [1.54, 1.807) is 54.6 Å². The Morgan fingerprint density at radius 3 is 2.62 bits per heavy atom. The fourth-order valence-electron chi connectivity index (χ4n) is 3.12. The van der Waals surface area contributed by atoms with E-state index in [2.05, 4.69) is 22.0 Å². The van der Waals surface area contributed by atoms with E-state index < -0.39 is 11.1 Å². The average Bonchev–Trinajstić information content (AvgIpc) is 3.06. The summed E-state index contributed by atoms with van der Waals surface area (Å²) in [6.45, 7) is 0.188. The quantitative estimate of drug-likeness (QED) is 0.343. The molecule has 32 heavy (non-hydrogen) atoms. The summed E-state index contributed by atoms with van der Waals surface area (Å²) in [4.78, 5) is 26.9. The van der Waals surface area contributed by atoms with E-state index in [-0.39, 0.29) is 11.5 Å². The Morgan fingerprint density at radius 2 is 1.84 bits per heavy atom. The van der Waals surface area contributed by atoms with Crippen LogP contribution in [0.5, 0.6) is 5.75 Å². The molecule has 0 N–H and O–H groups in total. The van der Waals surface area contributed by atoms with Gasteiger partial charge in [-0.15, -0.1) is 0 Å². The molecule has 1 aliphatic rings. The molecule has 2 amide bonds. The normalized spacial score (nSPS) is 14.7. The van der Waals surface area contributed by atoms with Crippen LogP contribution in [-0.2, 0) is 11.4 Å². The maximum atomic E-state index is 13.0. The molecule has 0 unspecified atom stereocenters. The molecule has 0 aromatic heterocycles. The molecule has 3 aromatic rings. The molecule has 0 bridgehead atoms. The van der Waals surface area contributed by atoms with Crippen LogP contribution in [0.4, 0.5) is 10.5 Å². The maximum absolute atomic E-state index is 13.0. The lowest BCUT2D eigenvalue weighted by Crippen LogP contribution is -2.27. The number of anilines is 1. The Kier molecular flexibility index (Phi) is 6.66. The minimum Gasteiger partial charge on any atom is -0.488 e. The molecular formula is C24H14BrClN2O3S. The summed E-state index contributed by atoms with van der Waals surface area (Å²) in [7, 11) is 0. The lowest BCUT2D eigenvalue weighted by atomic mass is 10.1. The average molecular weight is 526 g/mol. The van der Waals surface area contributed by atoms with E-state index in [9.17, 15) is 14.9 Å². The van der Waals surface area contributed by atoms with Crippen LogP contribution in [0.25, 0.3) is 6.08 Å². The van der Waals surface area contributed by atoms with Crippen molar-refractivity contribution in [2.75, 3.05) is 4.90 Å². The lowest BCUT2D eigenvalue weighted by molar-refractivity contribution is -0.113. The van der Waals surface area contributed by atoms with Gasteiger partial charge in [-0.2, -0.15) is 5.26 Å². The highest BCUT2D eigenvalue weighted by Crippen LogP contribution is 2.39. The lowest BCUT2D eigenvalue weighted by Gasteiger charge is -2.14. The van der Waals surface area contributed by atoms with Crippen molar-refractivity contribution in [1.82, 2.24) is 0 Å². The zero-order valence-corrected chi connectivity index (χ0v) is 19.6. The minimum atomic E-state index is -0.450. The van der Waals surface area contributed by atoms with Crippen LogP contribution in [0.2, 0.25) is 5.02 Å². The van der Waals surface area contributed by atoms with Crippen molar-refractivity contribution in [3.05, 3.63) is 97.8 Å². The fraction of sp³-hybridized carbons (Fsp3) is 0.0417. The number of hydrogen-bond acceptors (Lipinski definition) is 5. The first kappa shape index (κ1) is 22.2. The molecule has 158 valence electrons. The van der Waals surface area contributed by atoms with Gasteiger partial charge in [0.2, 0.25) is 0 Å². The first-order chi connectivity index (χ1) is 15.5. The van der Waals surface area contributed by atoms with Crippen LogP contribution in [0.3, 0.4) is 0 Å². The third-order valence-electron chi connectivity index (χ3n) is 4.67. The van der Waals surface area contributed by atoms with Crippen LogP contribution in [0.1, 0.15) is 16.7 Å². The number of thioether (sulfide) groups is 1. The van der Waals surface area contributed by atoms with Crippen molar-refractivity contribution < 1.29 is 14.3 Å². The number of halogens is 2. The third kappa shape index (κ3) is 4.58. The molecule has 1 heterocycles. The van der Waals surface area contributed by atoms with Crippen LogP contribution >= 0.6 is 39.3 Å². The van der Waals surface area contributed by atoms with Gasteiger partial charge in [-0.25, -0.2) is 4.90 Å². The van der Waals surface area contributed by atoms with E-state index in [0.717, 1.165) is 26.7 Å². The number of imide groups is 1. The largest absolute Gasteiger partial charge is 0.488 e. The summed E-state index contributed by atoms with van der Waals surface area (Å²) >= 11 is 10.5. The Hall–Kier alpha value is -3.05. The van der Waals surface area contributed by atoms with Crippen molar-refractivity contribution in [2.45, 2.75) is 6.61 Å². The van der Waals surface area contributed by atoms with Crippen molar-refractivity contribution in [1.29, 1.82) is 5.26 Å². The number of hydrogen-bond donors (Lipinski definition) is 0. The van der Waals surface area contributed by atoms with Gasteiger partial charge in [0, 0.05) is 15.6 Å². The molecule has 0 saturated carbocycles. The Balaban J connectivity index is 1.64. The number of carbonyl (C=O) groups is 2. The second kappa shape index (κ2) is 9.61. The number of benzene rings is 3. The second-order valence-corrected chi connectivity index (χ2v) is 9.02. The number of para-hydroxylation sites is 1. The molecule has 1 fully saturated rings. The number of nitrogens with zero attached hydrogens (tertiary/aromatic N) is 2. The van der Waals surface area contributed by atoms with Crippen molar-refractivity contribution in [2.24, 2.45) is 0 Å². The molecule has 0 aliphatic carbocycles. The topological polar surface area (TPSA) is 70.4 Å². The van der Waals surface area contributed by atoms with Gasteiger partial charge < -0.3 is 4.74 Å². The fourth-order valence-corrected chi connectivity index (χ4v) is 4.55. The zero-order valence-electron chi connectivity index (χ0n) is 16.4. The number of carbonyl (C=O) groups excluding carboxylic acids is 2. The number of ether oxygens (including phenoxy) is 1. The van der Waals surface area contributed by atoms with Gasteiger partial charge in [0.05, 0.1) is 27.2 Å². The van der Waals surface area contributed by atoms with E-state index in [1.807, 2.05) is 18.2 Å². The predicted octanol–water partition coefficient (Wildman–Crippen LogP) is 6.79. The van der Waals surface area contributed by atoms with Gasteiger partial charge in [-0.1, -0.05) is 57.9 Å². The smallest absolute Gasteiger partial charge is 0.298 e. The molecule has 0 radical (unpaired) electrons. The molecule has 0 spiro atoms. The van der Waals surface area contributed by atoms with Crippen LogP contribution < -0.4 is 9.64 Å². The molecule has 0 atom stereocenters. The highest BCUT2D eigenvalue weighted by atomic mass is 79.9. The summed E-state index contributed by atoms with van der Waals surface area (Å²) in [5, 5.41) is 9.18. The summed E-state index contributed by atoms with van der Waals surface area (Å²) in [5.41, 5.74) is 2.26. The number of amides is 2. The van der Waals surface area contributed by atoms with Crippen molar-refractivity contribution in [3.63, 3.8) is 0 Å². The van der Waals surface area contributed by atoms with Gasteiger partial charge in [-0.05, 0) is 54.2 Å². The second-order valence-electron chi connectivity index (χ2n) is 6.71. The molecule has 4 rings (SSSR count). The standard InChI is InChI=1S/C24H14BrClN2O3S/c25-18-9-10-21(31-14-16-6-2-1-5-15(16)13-27)17(11-18)12-22-23(29)28(24(30)32-22)20-8-4-3-7-19(20)26/h1-12H,14H2/b22-12-. The predicted molar refractivity (Wildman–Crippen MR) is 130 cm³/mol. The number of rotatable bonds is 5. The zero-order chi connectivity index (χ0) is 22.7. The minimum absolute atomic E-state index is 0.188.